The first kappa shape index (κ1) is 10.1. The molecule has 2 radical (unpaired) electrons. The Morgan fingerprint density at radius 2 is 1.87 bits per heavy atom. The predicted octanol–water partition coefficient (Wildman–Crippen LogP) is 2.47. The molecule has 0 fully saturated rings. The number of hydrogen-bond donors (Lipinski definition) is 0. The van der Waals surface area contributed by atoms with Gasteiger partial charge in [-0.1, -0.05) is 29.2 Å². The Kier molecular flexibility index (Phi) is 2.42. The molecule has 0 spiro atoms. The second-order valence-corrected chi connectivity index (χ2v) is 3.91. The van der Waals surface area contributed by atoms with E-state index in [1.54, 1.807) is 6.07 Å². The third kappa shape index (κ3) is 1.71. The number of fused-ring (bicyclic) bond motifs is 1. The molecule has 70 valence electrons. The van der Waals surface area contributed by atoms with Crippen LogP contribution in [0.1, 0.15) is 11.1 Å². The highest BCUT2D eigenvalue weighted by atomic mass is 35.5. The minimum Gasteiger partial charge on any atom is -0.192 e. The maximum absolute atomic E-state index is 8.89. The Bertz CT molecular complexity index is 584. The Morgan fingerprint density at radius 1 is 1.20 bits per heavy atom. The van der Waals surface area contributed by atoms with Gasteiger partial charge in [-0.25, -0.2) is 0 Å². The van der Waals surface area contributed by atoms with Crippen molar-refractivity contribution in [2.75, 3.05) is 0 Å². The number of benzene rings is 2. The van der Waals surface area contributed by atoms with Crippen LogP contribution in [0, 0.1) is 18.3 Å². The van der Waals surface area contributed by atoms with Crippen molar-refractivity contribution >= 4 is 35.7 Å². The van der Waals surface area contributed by atoms with Crippen molar-refractivity contribution in [2.24, 2.45) is 0 Å². The van der Waals surface area contributed by atoms with Crippen molar-refractivity contribution in [1.29, 1.82) is 5.26 Å². The van der Waals surface area contributed by atoms with E-state index in [0.717, 1.165) is 16.3 Å². The van der Waals surface area contributed by atoms with Crippen LogP contribution in [0.25, 0.3) is 10.8 Å². The zero-order valence-electron chi connectivity index (χ0n) is 8.21. The average Bonchev–Trinajstić information content (AvgIpc) is 2.20. The van der Waals surface area contributed by atoms with Crippen molar-refractivity contribution in [2.45, 2.75) is 6.92 Å². The molecule has 15 heavy (non-hydrogen) atoms. The quantitative estimate of drug-likeness (QED) is 0.614. The first-order valence-corrected chi connectivity index (χ1v) is 4.89. The maximum atomic E-state index is 8.89. The van der Waals surface area contributed by atoms with Crippen molar-refractivity contribution < 1.29 is 0 Å². The molecule has 0 aliphatic carbocycles. The van der Waals surface area contributed by atoms with Gasteiger partial charge in [0.1, 0.15) is 7.85 Å². The molecule has 0 aliphatic rings. The van der Waals surface area contributed by atoms with Crippen LogP contribution in [0.3, 0.4) is 0 Å². The molecule has 2 rings (SSSR count). The summed E-state index contributed by atoms with van der Waals surface area (Å²) in [6.45, 7) is 1.91. The van der Waals surface area contributed by atoms with Gasteiger partial charge in [-0.2, -0.15) is 5.26 Å². The number of nitrogens with zero attached hydrogens (tertiary/aromatic N) is 1. The molecule has 0 saturated heterocycles. The summed E-state index contributed by atoms with van der Waals surface area (Å²) in [5.74, 6) is 0. The Hall–Kier alpha value is -1.46. The van der Waals surface area contributed by atoms with Crippen LogP contribution in [-0.4, -0.2) is 7.85 Å². The van der Waals surface area contributed by atoms with E-state index in [-0.39, 0.29) is 0 Å². The minimum atomic E-state index is 0.523. The molecule has 0 atom stereocenters. The van der Waals surface area contributed by atoms with Gasteiger partial charge in [0, 0.05) is 5.02 Å². The molecule has 1 nitrogen and oxygen atoms in total. The topological polar surface area (TPSA) is 23.8 Å². The summed E-state index contributed by atoms with van der Waals surface area (Å²) in [5, 5.41) is 11.4. The third-order valence-corrected chi connectivity index (χ3v) is 2.75. The highest BCUT2D eigenvalue weighted by Gasteiger charge is 2.03. The summed E-state index contributed by atoms with van der Waals surface area (Å²) in [4.78, 5) is 0. The monoisotopic (exact) mass is 211 g/mol. The van der Waals surface area contributed by atoms with Gasteiger partial charge >= 0.3 is 0 Å². The summed E-state index contributed by atoms with van der Waals surface area (Å²) in [6, 6.07) is 9.53. The van der Waals surface area contributed by atoms with Crippen LogP contribution >= 0.6 is 11.6 Å². The summed E-state index contributed by atoms with van der Waals surface area (Å²) < 4.78 is 0. The van der Waals surface area contributed by atoms with E-state index in [1.165, 1.54) is 0 Å². The van der Waals surface area contributed by atoms with Gasteiger partial charge in [-0.05, 0) is 35.4 Å². The molecule has 0 N–H and O–H groups in total. The molecule has 3 heteroatoms. The third-order valence-electron chi connectivity index (χ3n) is 2.42. The van der Waals surface area contributed by atoms with Crippen LogP contribution in [0.15, 0.2) is 24.3 Å². The predicted molar refractivity (Wildman–Crippen MR) is 63.8 cm³/mol. The number of halogens is 1. The van der Waals surface area contributed by atoms with Crippen molar-refractivity contribution in [3.05, 3.63) is 40.4 Å². The highest BCUT2D eigenvalue weighted by molar-refractivity contribution is 6.45. The van der Waals surface area contributed by atoms with Gasteiger partial charge in [-0.3, -0.25) is 0 Å². The van der Waals surface area contributed by atoms with Crippen molar-refractivity contribution in [1.82, 2.24) is 0 Å². The van der Waals surface area contributed by atoms with E-state index in [9.17, 15) is 0 Å². The fourth-order valence-electron chi connectivity index (χ4n) is 1.57. The zero-order chi connectivity index (χ0) is 11.0. The largest absolute Gasteiger partial charge is 0.192 e. The second kappa shape index (κ2) is 3.60. The van der Waals surface area contributed by atoms with Gasteiger partial charge < -0.3 is 0 Å². The van der Waals surface area contributed by atoms with E-state index in [1.807, 2.05) is 25.1 Å². The van der Waals surface area contributed by atoms with E-state index < -0.39 is 0 Å². The number of hydrogen-bond acceptors (Lipinski definition) is 1. The molecule has 0 heterocycles. The fourth-order valence-corrected chi connectivity index (χ4v) is 1.75. The van der Waals surface area contributed by atoms with Gasteiger partial charge in [-0.15, -0.1) is 0 Å². The SMILES string of the molecule is [B]c1cc2cc(C)c(C#N)cc2cc1Cl. The maximum Gasteiger partial charge on any atom is 0.115 e. The van der Waals surface area contributed by atoms with Crippen LogP contribution < -0.4 is 5.46 Å². The Balaban J connectivity index is 2.84. The van der Waals surface area contributed by atoms with Crippen LogP contribution in [0.2, 0.25) is 5.02 Å². The molecule has 2 aromatic rings. The van der Waals surface area contributed by atoms with Crippen LogP contribution in [0.5, 0.6) is 0 Å². The number of rotatable bonds is 0. The van der Waals surface area contributed by atoms with Gasteiger partial charge in [0.15, 0.2) is 0 Å². The molecule has 0 unspecified atom stereocenters. The van der Waals surface area contributed by atoms with Crippen LogP contribution in [0.4, 0.5) is 0 Å². The Labute approximate surface area is 94.7 Å². The zero-order valence-corrected chi connectivity index (χ0v) is 8.97. The lowest BCUT2D eigenvalue weighted by molar-refractivity contribution is 1.42. The van der Waals surface area contributed by atoms with Crippen molar-refractivity contribution in [3.63, 3.8) is 0 Å². The average molecular weight is 211 g/mol. The van der Waals surface area contributed by atoms with Crippen LogP contribution in [-0.2, 0) is 0 Å². The lowest BCUT2D eigenvalue weighted by atomic mass is 9.92. The van der Waals surface area contributed by atoms with E-state index in [4.69, 9.17) is 24.7 Å². The molecule has 0 saturated carbocycles. The lowest BCUT2D eigenvalue weighted by Crippen LogP contribution is -2.03. The first-order valence-electron chi connectivity index (χ1n) is 4.51. The van der Waals surface area contributed by atoms with E-state index >= 15 is 0 Å². The fraction of sp³-hybridized carbons (Fsp3) is 0.0833. The van der Waals surface area contributed by atoms with Gasteiger partial charge in [0.25, 0.3) is 0 Å². The smallest absolute Gasteiger partial charge is 0.115 e. The molecule has 0 bridgehead atoms. The number of aryl methyl sites for hydroxylation is 1. The standard InChI is InChI=1S/C12H7BClN/c1-7-2-8-4-11(13)12(14)5-9(8)3-10(7)6-15/h2-5H,1H3. The first-order chi connectivity index (χ1) is 7.11. The molecule has 2 aromatic carbocycles. The summed E-state index contributed by atoms with van der Waals surface area (Å²) in [5.41, 5.74) is 2.18. The van der Waals surface area contributed by atoms with Gasteiger partial charge in [0.2, 0.25) is 0 Å². The summed E-state index contributed by atoms with van der Waals surface area (Å²) in [7, 11) is 5.71. The molecule has 0 aliphatic heterocycles. The number of nitriles is 1. The minimum absolute atomic E-state index is 0.523. The summed E-state index contributed by atoms with van der Waals surface area (Å²) >= 11 is 5.92. The second-order valence-electron chi connectivity index (χ2n) is 3.50. The lowest BCUT2D eigenvalue weighted by Gasteiger charge is -2.05. The van der Waals surface area contributed by atoms with Crippen molar-refractivity contribution in [3.8, 4) is 6.07 Å². The van der Waals surface area contributed by atoms with Gasteiger partial charge in [0.05, 0.1) is 11.6 Å². The highest BCUT2D eigenvalue weighted by Crippen LogP contribution is 2.21. The van der Waals surface area contributed by atoms with E-state index in [2.05, 4.69) is 6.07 Å². The normalized spacial score (nSPS) is 10.2. The molecule has 0 amide bonds. The van der Waals surface area contributed by atoms with E-state index in [0.29, 0.717) is 16.0 Å². The summed E-state index contributed by atoms with van der Waals surface area (Å²) in [6.07, 6.45) is 0. The molecule has 0 aromatic heterocycles. The molecular formula is C12H7BClN. The molecular weight excluding hydrogens is 204 g/mol. The Morgan fingerprint density at radius 3 is 2.53 bits per heavy atom.